The van der Waals surface area contributed by atoms with Gasteiger partial charge in [0.15, 0.2) is 0 Å². The lowest BCUT2D eigenvalue weighted by molar-refractivity contribution is 0.0939. The number of nitrogens with one attached hydrogen (secondary N) is 1. The van der Waals surface area contributed by atoms with Crippen LogP contribution in [0.25, 0.3) is 0 Å². The molecule has 2 N–H and O–H groups in total. The van der Waals surface area contributed by atoms with E-state index in [1.165, 1.54) is 12.8 Å². The third-order valence-electron chi connectivity index (χ3n) is 2.40. The Kier molecular flexibility index (Phi) is 4.70. The summed E-state index contributed by atoms with van der Waals surface area (Å²) in [7, 11) is 0. The first-order valence-corrected chi connectivity index (χ1v) is 5.21. The number of hydrogen-bond donors (Lipinski definition) is 2. The number of ether oxygens (including phenoxy) is 1. The monoisotopic (exact) mass is 187 g/mol. The Balaban J connectivity index is 2.05. The first-order valence-electron chi connectivity index (χ1n) is 5.21. The molecule has 0 aromatic heterocycles. The molecule has 0 radical (unpaired) electrons. The van der Waals surface area contributed by atoms with Gasteiger partial charge in [-0.1, -0.05) is 0 Å². The summed E-state index contributed by atoms with van der Waals surface area (Å²) in [4.78, 5) is 0. The van der Waals surface area contributed by atoms with Crippen LogP contribution in [0.4, 0.5) is 0 Å². The maximum atomic E-state index is 9.07. The van der Waals surface area contributed by atoms with E-state index in [0.29, 0.717) is 18.7 Å². The van der Waals surface area contributed by atoms with E-state index in [0.717, 1.165) is 13.0 Å². The molecule has 0 aromatic rings. The zero-order valence-electron chi connectivity index (χ0n) is 8.62. The van der Waals surface area contributed by atoms with Crippen molar-refractivity contribution >= 4 is 0 Å². The molecule has 0 aliphatic carbocycles. The average molecular weight is 187 g/mol. The van der Waals surface area contributed by atoms with Gasteiger partial charge in [0.1, 0.15) is 0 Å². The molecule has 0 spiro atoms. The SMILES string of the molecule is CC(O)CNC(C)CC1CCCO1. The van der Waals surface area contributed by atoms with Crippen molar-refractivity contribution in [1.82, 2.24) is 5.32 Å². The smallest absolute Gasteiger partial charge is 0.0636 e. The first-order chi connectivity index (χ1) is 6.18. The molecule has 1 aliphatic heterocycles. The van der Waals surface area contributed by atoms with Gasteiger partial charge in [0.2, 0.25) is 0 Å². The zero-order chi connectivity index (χ0) is 9.68. The summed E-state index contributed by atoms with van der Waals surface area (Å²) in [5.74, 6) is 0. The van der Waals surface area contributed by atoms with Gasteiger partial charge >= 0.3 is 0 Å². The molecule has 0 aromatic carbocycles. The van der Waals surface area contributed by atoms with Gasteiger partial charge in [-0.05, 0) is 33.1 Å². The standard InChI is InChI=1S/C10H21NO2/c1-8(11-7-9(2)12)6-10-4-3-5-13-10/h8-12H,3-7H2,1-2H3. The van der Waals surface area contributed by atoms with E-state index in [4.69, 9.17) is 9.84 Å². The van der Waals surface area contributed by atoms with Crippen LogP contribution in [0, 0.1) is 0 Å². The lowest BCUT2D eigenvalue weighted by atomic mass is 10.1. The van der Waals surface area contributed by atoms with Crippen LogP contribution in [0.15, 0.2) is 0 Å². The molecule has 1 aliphatic rings. The van der Waals surface area contributed by atoms with Crippen molar-refractivity contribution in [2.75, 3.05) is 13.2 Å². The Morgan fingerprint density at radius 2 is 2.31 bits per heavy atom. The highest BCUT2D eigenvalue weighted by Crippen LogP contribution is 2.16. The molecule has 3 unspecified atom stereocenters. The molecular weight excluding hydrogens is 166 g/mol. The molecule has 78 valence electrons. The zero-order valence-corrected chi connectivity index (χ0v) is 8.62. The molecule has 3 nitrogen and oxygen atoms in total. The van der Waals surface area contributed by atoms with Gasteiger partial charge in [-0.15, -0.1) is 0 Å². The van der Waals surface area contributed by atoms with Crippen LogP contribution in [0.1, 0.15) is 33.1 Å². The molecule has 0 saturated carbocycles. The van der Waals surface area contributed by atoms with Crippen molar-refractivity contribution in [2.45, 2.75) is 51.4 Å². The van der Waals surface area contributed by atoms with Crippen molar-refractivity contribution in [1.29, 1.82) is 0 Å². The quantitative estimate of drug-likeness (QED) is 0.672. The van der Waals surface area contributed by atoms with E-state index in [-0.39, 0.29) is 6.10 Å². The van der Waals surface area contributed by atoms with Crippen LogP contribution >= 0.6 is 0 Å². The average Bonchev–Trinajstić information content (AvgIpc) is 2.53. The Labute approximate surface area is 80.5 Å². The summed E-state index contributed by atoms with van der Waals surface area (Å²) in [5.41, 5.74) is 0. The fourth-order valence-corrected chi connectivity index (χ4v) is 1.68. The second-order valence-electron chi connectivity index (χ2n) is 4.03. The third-order valence-corrected chi connectivity index (χ3v) is 2.40. The summed E-state index contributed by atoms with van der Waals surface area (Å²) in [6.45, 7) is 5.54. The van der Waals surface area contributed by atoms with E-state index in [1.807, 2.05) is 0 Å². The van der Waals surface area contributed by atoms with Crippen LogP contribution in [0.5, 0.6) is 0 Å². The van der Waals surface area contributed by atoms with Gasteiger partial charge in [-0.2, -0.15) is 0 Å². The fourth-order valence-electron chi connectivity index (χ4n) is 1.68. The summed E-state index contributed by atoms with van der Waals surface area (Å²) in [6.07, 6.45) is 3.64. The first kappa shape index (κ1) is 11.0. The molecule has 1 saturated heterocycles. The van der Waals surface area contributed by atoms with Crippen molar-refractivity contribution in [3.05, 3.63) is 0 Å². The fraction of sp³-hybridized carbons (Fsp3) is 1.00. The molecule has 3 atom stereocenters. The highest BCUT2D eigenvalue weighted by Gasteiger charge is 2.18. The Morgan fingerprint density at radius 1 is 1.54 bits per heavy atom. The molecule has 1 heterocycles. The number of aliphatic hydroxyl groups excluding tert-OH is 1. The highest BCUT2D eigenvalue weighted by atomic mass is 16.5. The van der Waals surface area contributed by atoms with Gasteiger partial charge in [0.25, 0.3) is 0 Å². The number of hydrogen-bond acceptors (Lipinski definition) is 3. The Morgan fingerprint density at radius 3 is 2.85 bits per heavy atom. The summed E-state index contributed by atoms with van der Waals surface area (Å²) >= 11 is 0. The van der Waals surface area contributed by atoms with Crippen molar-refractivity contribution < 1.29 is 9.84 Å². The predicted molar refractivity (Wildman–Crippen MR) is 52.7 cm³/mol. The molecule has 1 rings (SSSR count). The molecule has 0 bridgehead atoms. The van der Waals surface area contributed by atoms with Crippen molar-refractivity contribution in [3.8, 4) is 0 Å². The Bertz CT molecular complexity index is 133. The maximum Gasteiger partial charge on any atom is 0.0636 e. The van der Waals surface area contributed by atoms with Gasteiger partial charge in [0, 0.05) is 19.2 Å². The van der Waals surface area contributed by atoms with E-state index in [9.17, 15) is 0 Å². The van der Waals surface area contributed by atoms with E-state index in [2.05, 4.69) is 12.2 Å². The molecule has 13 heavy (non-hydrogen) atoms. The van der Waals surface area contributed by atoms with Gasteiger partial charge in [-0.25, -0.2) is 0 Å². The Hall–Kier alpha value is -0.120. The van der Waals surface area contributed by atoms with E-state index < -0.39 is 0 Å². The van der Waals surface area contributed by atoms with Gasteiger partial charge < -0.3 is 15.2 Å². The molecule has 1 fully saturated rings. The minimum Gasteiger partial charge on any atom is -0.392 e. The van der Waals surface area contributed by atoms with E-state index >= 15 is 0 Å². The lowest BCUT2D eigenvalue weighted by Gasteiger charge is -2.18. The number of aliphatic hydroxyl groups is 1. The maximum absolute atomic E-state index is 9.07. The molecule has 3 heteroatoms. The topological polar surface area (TPSA) is 41.5 Å². The normalized spacial score (nSPS) is 27.5. The summed E-state index contributed by atoms with van der Waals surface area (Å²) in [5, 5.41) is 12.3. The lowest BCUT2D eigenvalue weighted by Crippen LogP contribution is -2.34. The molecule has 0 amide bonds. The predicted octanol–water partition coefficient (Wildman–Crippen LogP) is 0.914. The second-order valence-corrected chi connectivity index (χ2v) is 4.03. The highest BCUT2D eigenvalue weighted by molar-refractivity contribution is 4.72. The van der Waals surface area contributed by atoms with Crippen LogP contribution in [-0.4, -0.2) is 36.5 Å². The van der Waals surface area contributed by atoms with Crippen LogP contribution in [0.3, 0.4) is 0 Å². The van der Waals surface area contributed by atoms with Crippen LogP contribution in [0.2, 0.25) is 0 Å². The minimum atomic E-state index is -0.257. The van der Waals surface area contributed by atoms with Gasteiger partial charge in [-0.3, -0.25) is 0 Å². The minimum absolute atomic E-state index is 0.257. The van der Waals surface area contributed by atoms with Crippen LogP contribution < -0.4 is 5.32 Å². The van der Waals surface area contributed by atoms with Crippen molar-refractivity contribution in [3.63, 3.8) is 0 Å². The van der Waals surface area contributed by atoms with Crippen molar-refractivity contribution in [2.24, 2.45) is 0 Å². The number of rotatable bonds is 5. The largest absolute Gasteiger partial charge is 0.392 e. The summed E-state index contributed by atoms with van der Waals surface area (Å²) < 4.78 is 5.53. The third kappa shape index (κ3) is 4.60. The van der Waals surface area contributed by atoms with Crippen LogP contribution in [-0.2, 0) is 4.74 Å². The van der Waals surface area contributed by atoms with E-state index in [1.54, 1.807) is 6.92 Å². The second kappa shape index (κ2) is 5.58. The van der Waals surface area contributed by atoms with Gasteiger partial charge in [0.05, 0.1) is 12.2 Å². The summed E-state index contributed by atoms with van der Waals surface area (Å²) in [6, 6.07) is 0.442. The molecular formula is C10H21NO2.